The highest BCUT2D eigenvalue weighted by atomic mass is 15.1. The molecule has 1 unspecified atom stereocenters. The average Bonchev–Trinajstić information content (AvgIpc) is 2.61. The zero-order valence-electron chi connectivity index (χ0n) is 11.2. The molecule has 1 aromatic rings. The third-order valence-corrected chi connectivity index (χ3v) is 2.61. The van der Waals surface area contributed by atoms with Crippen molar-refractivity contribution in [1.29, 1.82) is 0 Å². The van der Waals surface area contributed by atoms with E-state index < -0.39 is 0 Å². The highest BCUT2D eigenvalue weighted by Crippen LogP contribution is 2.06. The van der Waals surface area contributed by atoms with E-state index in [9.17, 15) is 0 Å². The van der Waals surface area contributed by atoms with Crippen molar-refractivity contribution in [3.8, 4) is 0 Å². The summed E-state index contributed by atoms with van der Waals surface area (Å²) in [6.07, 6.45) is 4.97. The fourth-order valence-electron chi connectivity index (χ4n) is 1.70. The first-order valence-electron chi connectivity index (χ1n) is 6.17. The molecule has 3 nitrogen and oxygen atoms in total. The molecule has 1 rings (SSSR count). The minimum Gasteiger partial charge on any atom is -0.335 e. The quantitative estimate of drug-likeness (QED) is 0.831. The topological polar surface area (TPSA) is 29.9 Å². The van der Waals surface area contributed by atoms with Gasteiger partial charge in [-0.1, -0.05) is 13.8 Å². The summed E-state index contributed by atoms with van der Waals surface area (Å²) in [6, 6.07) is 0. The lowest BCUT2D eigenvalue weighted by Crippen LogP contribution is -2.39. The molecule has 0 aliphatic heterocycles. The van der Waals surface area contributed by atoms with Gasteiger partial charge in [-0.2, -0.15) is 0 Å². The van der Waals surface area contributed by atoms with Crippen LogP contribution in [0.2, 0.25) is 0 Å². The Kier molecular flexibility index (Phi) is 4.54. The van der Waals surface area contributed by atoms with Gasteiger partial charge in [-0.15, -0.1) is 0 Å². The van der Waals surface area contributed by atoms with E-state index >= 15 is 0 Å². The van der Waals surface area contributed by atoms with Crippen molar-refractivity contribution in [3.63, 3.8) is 0 Å². The van der Waals surface area contributed by atoms with E-state index in [0.717, 1.165) is 19.5 Å². The summed E-state index contributed by atoms with van der Waals surface area (Å²) < 4.78 is 2.26. The van der Waals surface area contributed by atoms with E-state index in [2.05, 4.69) is 55.7 Å². The third-order valence-electron chi connectivity index (χ3n) is 2.61. The molecule has 1 aromatic heterocycles. The second-order valence-electron chi connectivity index (χ2n) is 5.59. The van der Waals surface area contributed by atoms with Gasteiger partial charge in [-0.05, 0) is 33.2 Å². The molecule has 0 aromatic carbocycles. The Labute approximate surface area is 99.3 Å². The predicted molar refractivity (Wildman–Crippen MR) is 68.5 cm³/mol. The predicted octanol–water partition coefficient (Wildman–Crippen LogP) is 2.47. The van der Waals surface area contributed by atoms with Crippen LogP contribution >= 0.6 is 0 Å². The largest absolute Gasteiger partial charge is 0.335 e. The van der Waals surface area contributed by atoms with Gasteiger partial charge in [0.05, 0.1) is 0 Å². The normalized spacial score (nSPS) is 14.1. The highest BCUT2D eigenvalue weighted by molar-refractivity contribution is 4.92. The van der Waals surface area contributed by atoms with Gasteiger partial charge in [0, 0.05) is 30.9 Å². The van der Waals surface area contributed by atoms with E-state index in [4.69, 9.17) is 0 Å². The van der Waals surface area contributed by atoms with Gasteiger partial charge in [0.25, 0.3) is 0 Å². The molecule has 0 saturated heterocycles. The standard InChI is InChI=1S/C13H25N3/c1-6-12-14-7-8-16(12)10-11(2)9-15-13(3,4)5/h7-8,11,15H,6,9-10H2,1-5H3. The van der Waals surface area contributed by atoms with Crippen molar-refractivity contribution in [1.82, 2.24) is 14.9 Å². The summed E-state index contributed by atoms with van der Waals surface area (Å²) in [6.45, 7) is 13.1. The Morgan fingerprint density at radius 1 is 1.44 bits per heavy atom. The summed E-state index contributed by atoms with van der Waals surface area (Å²) >= 11 is 0. The Balaban J connectivity index is 2.42. The maximum atomic E-state index is 4.34. The number of hydrogen-bond donors (Lipinski definition) is 1. The molecule has 1 heterocycles. The van der Waals surface area contributed by atoms with E-state index in [0.29, 0.717) is 5.92 Å². The summed E-state index contributed by atoms with van der Waals surface area (Å²) in [5.74, 6) is 1.81. The van der Waals surface area contributed by atoms with Crippen LogP contribution in [-0.2, 0) is 13.0 Å². The van der Waals surface area contributed by atoms with E-state index in [1.807, 2.05) is 6.20 Å². The number of aryl methyl sites for hydroxylation is 1. The van der Waals surface area contributed by atoms with Gasteiger partial charge in [-0.3, -0.25) is 0 Å². The lowest BCUT2D eigenvalue weighted by atomic mass is 10.1. The summed E-state index contributed by atoms with van der Waals surface area (Å²) in [5, 5.41) is 3.54. The second-order valence-corrected chi connectivity index (χ2v) is 5.59. The molecule has 0 bridgehead atoms. The Bertz CT molecular complexity index is 309. The second kappa shape index (κ2) is 5.48. The number of rotatable bonds is 5. The van der Waals surface area contributed by atoms with Gasteiger partial charge in [0.1, 0.15) is 5.82 Å². The smallest absolute Gasteiger partial charge is 0.108 e. The molecule has 92 valence electrons. The molecule has 0 fully saturated rings. The SMILES string of the molecule is CCc1nccn1CC(C)CNC(C)(C)C. The molecule has 0 aliphatic carbocycles. The average molecular weight is 223 g/mol. The van der Waals surface area contributed by atoms with Crippen molar-refractivity contribution in [2.75, 3.05) is 6.54 Å². The molecule has 1 N–H and O–H groups in total. The fraction of sp³-hybridized carbons (Fsp3) is 0.769. The maximum Gasteiger partial charge on any atom is 0.108 e. The molecule has 0 amide bonds. The maximum absolute atomic E-state index is 4.34. The van der Waals surface area contributed by atoms with Crippen LogP contribution < -0.4 is 5.32 Å². The van der Waals surface area contributed by atoms with Crippen LogP contribution in [0.4, 0.5) is 0 Å². The van der Waals surface area contributed by atoms with Crippen LogP contribution in [0.3, 0.4) is 0 Å². The first-order chi connectivity index (χ1) is 7.42. The summed E-state index contributed by atoms with van der Waals surface area (Å²) in [5.41, 5.74) is 0.205. The summed E-state index contributed by atoms with van der Waals surface area (Å²) in [7, 11) is 0. The Morgan fingerprint density at radius 3 is 2.69 bits per heavy atom. The van der Waals surface area contributed by atoms with Crippen molar-refractivity contribution >= 4 is 0 Å². The van der Waals surface area contributed by atoms with Gasteiger partial charge in [-0.25, -0.2) is 4.98 Å². The molecule has 0 radical (unpaired) electrons. The molecule has 0 spiro atoms. The van der Waals surface area contributed by atoms with Crippen LogP contribution in [-0.4, -0.2) is 21.6 Å². The van der Waals surface area contributed by atoms with Gasteiger partial charge in [0.15, 0.2) is 0 Å². The van der Waals surface area contributed by atoms with Crippen LogP contribution in [0.5, 0.6) is 0 Å². The molecular weight excluding hydrogens is 198 g/mol. The van der Waals surface area contributed by atoms with Crippen molar-refractivity contribution in [2.45, 2.75) is 53.1 Å². The molecule has 1 atom stereocenters. The van der Waals surface area contributed by atoms with Crippen LogP contribution in [0, 0.1) is 5.92 Å². The third kappa shape index (κ3) is 4.35. The lowest BCUT2D eigenvalue weighted by Gasteiger charge is -2.24. The fourth-order valence-corrected chi connectivity index (χ4v) is 1.70. The first-order valence-corrected chi connectivity index (χ1v) is 6.17. The molecule has 16 heavy (non-hydrogen) atoms. The van der Waals surface area contributed by atoms with Crippen LogP contribution in [0.1, 0.15) is 40.4 Å². The van der Waals surface area contributed by atoms with E-state index in [1.54, 1.807) is 0 Å². The first kappa shape index (κ1) is 13.2. The lowest BCUT2D eigenvalue weighted by molar-refractivity contribution is 0.358. The highest BCUT2D eigenvalue weighted by Gasteiger charge is 2.12. The number of imidazole rings is 1. The molecular formula is C13H25N3. The van der Waals surface area contributed by atoms with E-state index in [1.165, 1.54) is 5.82 Å². The molecule has 0 aliphatic rings. The van der Waals surface area contributed by atoms with Gasteiger partial charge >= 0.3 is 0 Å². The number of nitrogens with one attached hydrogen (secondary N) is 1. The van der Waals surface area contributed by atoms with Crippen molar-refractivity contribution in [2.24, 2.45) is 5.92 Å². The van der Waals surface area contributed by atoms with Gasteiger partial charge < -0.3 is 9.88 Å². The Hall–Kier alpha value is -0.830. The zero-order valence-corrected chi connectivity index (χ0v) is 11.2. The van der Waals surface area contributed by atoms with Crippen molar-refractivity contribution < 1.29 is 0 Å². The number of aromatic nitrogens is 2. The monoisotopic (exact) mass is 223 g/mol. The summed E-state index contributed by atoms with van der Waals surface area (Å²) in [4.78, 5) is 4.34. The van der Waals surface area contributed by atoms with Gasteiger partial charge in [0.2, 0.25) is 0 Å². The minimum atomic E-state index is 0.205. The number of hydrogen-bond acceptors (Lipinski definition) is 2. The molecule has 0 saturated carbocycles. The molecule has 3 heteroatoms. The zero-order chi connectivity index (χ0) is 12.2. The van der Waals surface area contributed by atoms with Crippen LogP contribution in [0.15, 0.2) is 12.4 Å². The number of nitrogens with zero attached hydrogens (tertiary/aromatic N) is 2. The van der Waals surface area contributed by atoms with Crippen molar-refractivity contribution in [3.05, 3.63) is 18.2 Å². The minimum absolute atomic E-state index is 0.205. The van der Waals surface area contributed by atoms with E-state index in [-0.39, 0.29) is 5.54 Å². The Morgan fingerprint density at radius 2 is 2.12 bits per heavy atom. The van der Waals surface area contributed by atoms with Crippen LogP contribution in [0.25, 0.3) is 0 Å².